The van der Waals surface area contributed by atoms with Crippen molar-refractivity contribution in [3.63, 3.8) is 0 Å². The maximum atomic E-state index is 13.1. The number of nitrogens with one attached hydrogen (secondary N) is 3. The molecule has 0 aromatic heterocycles. The van der Waals surface area contributed by atoms with Crippen LogP contribution >= 0.6 is 7.60 Å². The average Bonchev–Trinajstić information content (AvgIpc) is 2.69. The third-order valence-electron chi connectivity index (χ3n) is 4.56. The summed E-state index contributed by atoms with van der Waals surface area (Å²) >= 11 is 0. The Morgan fingerprint density at radius 3 is 2.24 bits per heavy atom. The van der Waals surface area contributed by atoms with E-state index in [1.54, 1.807) is 6.92 Å². The molecule has 3 amide bonds. The molecule has 17 heteroatoms. The van der Waals surface area contributed by atoms with E-state index in [0.29, 0.717) is 4.90 Å². The molecule has 0 aromatic carbocycles. The lowest BCUT2D eigenvalue weighted by atomic mass is 10.0. The lowest BCUT2D eigenvalue weighted by Gasteiger charge is -2.33. The number of nitrogens with zero attached hydrogens (tertiary/aromatic N) is 3. The fourth-order valence-electron chi connectivity index (χ4n) is 2.87. The predicted octanol–water partition coefficient (Wildman–Crippen LogP) is -2.14. The quantitative estimate of drug-likeness (QED) is 0.0339. The van der Waals surface area contributed by atoms with Crippen LogP contribution in [0.2, 0.25) is 0 Å². The van der Waals surface area contributed by atoms with Gasteiger partial charge in [0.1, 0.15) is 6.04 Å². The highest BCUT2D eigenvalue weighted by Gasteiger charge is 2.47. The third kappa shape index (κ3) is 9.39. The van der Waals surface area contributed by atoms with Gasteiger partial charge in [0, 0.05) is 6.54 Å². The minimum Gasteiger partial charge on any atom is -0.370 e. The topological polar surface area (TPSA) is 258 Å². The molecule has 33 heavy (non-hydrogen) atoms. The summed E-state index contributed by atoms with van der Waals surface area (Å²) in [6, 6.07) is -2.97. The molecule has 0 heterocycles. The fourth-order valence-corrected chi connectivity index (χ4v) is 3.35. The van der Waals surface area contributed by atoms with Crippen LogP contribution in [-0.4, -0.2) is 86.4 Å². The fraction of sp³-hybridized carbons (Fsp3) is 0.750. The molecule has 0 saturated carbocycles. The largest absolute Gasteiger partial charge is 0.370 e. The van der Waals surface area contributed by atoms with Crippen molar-refractivity contribution in [1.82, 2.24) is 20.5 Å². The van der Waals surface area contributed by atoms with Gasteiger partial charge in [-0.15, -0.1) is 0 Å². The van der Waals surface area contributed by atoms with Gasteiger partial charge in [0.2, 0.25) is 11.8 Å². The minimum absolute atomic E-state index is 0.0350. The second-order valence-electron chi connectivity index (χ2n) is 7.17. The van der Waals surface area contributed by atoms with Gasteiger partial charge in [-0.1, -0.05) is 13.3 Å². The summed E-state index contributed by atoms with van der Waals surface area (Å²) in [6.07, 6.45) is 0.327. The van der Waals surface area contributed by atoms with Crippen LogP contribution in [0.25, 0.3) is 0 Å². The standard InChI is InChI=1S/C16H33N8O8P/c1-4-6-12(15(27)23(24(28)29)10(2)33(30,31)32)22(13(25)9-20-3)14(26)11(17)7-5-8-21-16(18)19/h10-12,20H,4-9,17H2,1-3H3,(H4,18,19,21)(H2,30,31,32)/t10-,11+,12+/m1/s1. The van der Waals surface area contributed by atoms with Gasteiger partial charge < -0.3 is 31.9 Å². The Bertz CT molecular complexity index is 776. The van der Waals surface area contributed by atoms with Crippen LogP contribution in [-0.2, 0) is 18.9 Å². The number of nitro groups is 1. The maximum absolute atomic E-state index is 13.1. The lowest BCUT2D eigenvalue weighted by Crippen LogP contribution is -2.60. The number of nitrogens with two attached hydrogens (primary N) is 2. The van der Waals surface area contributed by atoms with Crippen molar-refractivity contribution in [3.8, 4) is 0 Å². The molecule has 0 unspecified atom stereocenters. The zero-order valence-electron chi connectivity index (χ0n) is 18.8. The van der Waals surface area contributed by atoms with E-state index in [-0.39, 0.29) is 43.2 Å². The van der Waals surface area contributed by atoms with E-state index in [9.17, 15) is 38.8 Å². The first kappa shape index (κ1) is 30.4. The predicted molar refractivity (Wildman–Crippen MR) is 117 cm³/mol. The van der Waals surface area contributed by atoms with Crippen LogP contribution in [0.5, 0.6) is 0 Å². The first-order valence-electron chi connectivity index (χ1n) is 10.1. The molecule has 190 valence electrons. The summed E-state index contributed by atoms with van der Waals surface area (Å²) in [7, 11) is -3.71. The number of likely N-dealkylation sites (N-methyl/N-ethyl adjacent to an activating group) is 1. The molecule has 0 aliphatic carbocycles. The molecule has 0 aromatic rings. The second kappa shape index (κ2) is 13.8. The van der Waals surface area contributed by atoms with E-state index >= 15 is 0 Å². The van der Waals surface area contributed by atoms with Crippen molar-refractivity contribution in [2.45, 2.75) is 57.4 Å². The molecule has 0 spiro atoms. The Morgan fingerprint density at radius 2 is 1.82 bits per heavy atom. The Labute approximate surface area is 190 Å². The third-order valence-corrected chi connectivity index (χ3v) is 5.75. The van der Waals surface area contributed by atoms with Gasteiger partial charge in [-0.3, -0.25) is 29.3 Å². The summed E-state index contributed by atoms with van der Waals surface area (Å²) < 4.78 is 11.6. The number of amides is 3. The van der Waals surface area contributed by atoms with Gasteiger partial charge in [-0.2, -0.15) is 0 Å². The minimum atomic E-state index is -5.11. The summed E-state index contributed by atoms with van der Waals surface area (Å²) in [5.41, 5.74) is 11.1. The molecule has 0 fully saturated rings. The molecule has 0 aliphatic heterocycles. The van der Waals surface area contributed by atoms with E-state index in [2.05, 4.69) is 10.6 Å². The number of hydrogen-bond donors (Lipinski definition) is 7. The van der Waals surface area contributed by atoms with Crippen LogP contribution in [0.1, 0.15) is 39.5 Å². The normalized spacial score (nSPS) is 14.0. The van der Waals surface area contributed by atoms with Crippen LogP contribution in [0.3, 0.4) is 0 Å². The van der Waals surface area contributed by atoms with E-state index in [4.69, 9.17) is 16.9 Å². The summed E-state index contributed by atoms with van der Waals surface area (Å²) in [5.74, 6) is -5.72. The monoisotopic (exact) mass is 496 g/mol. The van der Waals surface area contributed by atoms with Crippen molar-refractivity contribution < 1.29 is 33.8 Å². The van der Waals surface area contributed by atoms with Crippen molar-refractivity contribution in [1.29, 1.82) is 5.41 Å². The highest BCUT2D eigenvalue weighted by atomic mass is 31.2. The van der Waals surface area contributed by atoms with Crippen molar-refractivity contribution in [3.05, 3.63) is 10.1 Å². The highest BCUT2D eigenvalue weighted by molar-refractivity contribution is 7.52. The lowest BCUT2D eigenvalue weighted by molar-refractivity contribution is -0.638. The van der Waals surface area contributed by atoms with E-state index < -0.39 is 54.8 Å². The van der Waals surface area contributed by atoms with Crippen LogP contribution < -0.4 is 22.1 Å². The summed E-state index contributed by atoms with van der Waals surface area (Å²) in [6.45, 7) is 2.21. The molecule has 3 atom stereocenters. The van der Waals surface area contributed by atoms with E-state index in [1.165, 1.54) is 7.05 Å². The number of rotatable bonds is 14. The van der Waals surface area contributed by atoms with Crippen molar-refractivity contribution >= 4 is 31.3 Å². The van der Waals surface area contributed by atoms with Crippen molar-refractivity contribution in [2.75, 3.05) is 20.1 Å². The number of hydrogen-bond acceptors (Lipinski definition) is 9. The van der Waals surface area contributed by atoms with Gasteiger partial charge in [0.25, 0.3) is 0 Å². The number of guanidine groups is 1. The average molecular weight is 496 g/mol. The van der Waals surface area contributed by atoms with E-state index in [1.807, 2.05) is 0 Å². The molecule has 16 nitrogen and oxygen atoms in total. The van der Waals surface area contributed by atoms with Gasteiger partial charge in [-0.05, 0) is 38.2 Å². The van der Waals surface area contributed by atoms with Gasteiger partial charge in [0.15, 0.2) is 16.8 Å². The highest BCUT2D eigenvalue weighted by Crippen LogP contribution is 2.43. The molecular formula is C16H33N8O8P. The molecule has 0 radical (unpaired) electrons. The SMILES string of the molecule is CCC[C@@H](C(=O)N([C@@H](C)P(=O)(O)O)[N+](=O)[O-])N(C(=O)CNC)C(=O)[C@@H](N)CCCNC(=N)N. The first-order chi connectivity index (χ1) is 15.2. The molecule has 0 aliphatic rings. The Morgan fingerprint density at radius 1 is 1.24 bits per heavy atom. The van der Waals surface area contributed by atoms with Gasteiger partial charge in [-0.25, -0.2) is 10.1 Å². The second-order valence-corrected chi connectivity index (χ2v) is 9.09. The van der Waals surface area contributed by atoms with Crippen LogP contribution in [0.4, 0.5) is 0 Å². The van der Waals surface area contributed by atoms with E-state index in [0.717, 1.165) is 6.92 Å². The molecule has 0 saturated heterocycles. The van der Waals surface area contributed by atoms with Crippen LogP contribution in [0, 0.1) is 15.5 Å². The molecular weight excluding hydrogens is 463 g/mol. The Balaban J connectivity index is 6.08. The molecule has 0 bridgehead atoms. The zero-order valence-corrected chi connectivity index (χ0v) is 19.7. The number of hydrazine groups is 1. The molecule has 0 rings (SSSR count). The first-order valence-corrected chi connectivity index (χ1v) is 11.7. The maximum Gasteiger partial charge on any atom is 0.354 e. The van der Waals surface area contributed by atoms with Crippen LogP contribution in [0.15, 0.2) is 0 Å². The molecule has 9 N–H and O–H groups in total. The van der Waals surface area contributed by atoms with Crippen molar-refractivity contribution in [2.24, 2.45) is 11.5 Å². The number of imide groups is 1. The smallest absolute Gasteiger partial charge is 0.354 e. The van der Waals surface area contributed by atoms with Gasteiger partial charge >= 0.3 is 13.5 Å². The summed E-state index contributed by atoms with van der Waals surface area (Å²) in [4.78, 5) is 69.6. The Kier molecular flexibility index (Phi) is 12.7. The zero-order chi connectivity index (χ0) is 25.9. The number of carbonyl (C=O) groups excluding carboxylic acids is 3. The summed E-state index contributed by atoms with van der Waals surface area (Å²) in [5, 5.41) is 22.1. The Hall–Kier alpha value is -2.65. The number of carbonyl (C=O) groups is 3. The van der Waals surface area contributed by atoms with Gasteiger partial charge in [0.05, 0.1) is 12.6 Å².